The van der Waals surface area contributed by atoms with Crippen LogP contribution in [0.1, 0.15) is 16.7 Å². The fourth-order valence-corrected chi connectivity index (χ4v) is 5.71. The van der Waals surface area contributed by atoms with Gasteiger partial charge in [0.05, 0.1) is 13.7 Å². The summed E-state index contributed by atoms with van der Waals surface area (Å²) in [5.41, 5.74) is 2.93. The fourth-order valence-electron chi connectivity index (χ4n) is 3.19. The molecule has 1 aliphatic rings. The van der Waals surface area contributed by atoms with Gasteiger partial charge in [-0.15, -0.1) is 0 Å². The van der Waals surface area contributed by atoms with E-state index in [9.17, 15) is 9.59 Å². The minimum absolute atomic E-state index is 0.178. The van der Waals surface area contributed by atoms with Crippen molar-refractivity contribution >= 4 is 90.7 Å². The van der Waals surface area contributed by atoms with Crippen molar-refractivity contribution in [3.05, 3.63) is 99.7 Å². The zero-order valence-electron chi connectivity index (χ0n) is 16.9. The highest BCUT2D eigenvalue weighted by Gasteiger charge is 2.33. The third-order valence-corrected chi connectivity index (χ3v) is 7.23. The maximum absolute atomic E-state index is 12.8. The molecule has 5 nitrogen and oxygen atoms in total. The van der Waals surface area contributed by atoms with Crippen LogP contribution in [0, 0.1) is 7.14 Å². The molecule has 1 N–H and O–H groups in total. The second-order valence-corrected chi connectivity index (χ2v) is 10.9. The molecule has 1 fully saturated rings. The Morgan fingerprint density at radius 1 is 0.970 bits per heavy atom. The average molecular weight is 750 g/mol. The summed E-state index contributed by atoms with van der Waals surface area (Å²) < 4.78 is 8.89. The van der Waals surface area contributed by atoms with Gasteiger partial charge in [0.25, 0.3) is 5.91 Å². The van der Waals surface area contributed by atoms with E-state index in [1.165, 1.54) is 4.90 Å². The second-order valence-electron chi connectivity index (χ2n) is 7.23. The van der Waals surface area contributed by atoms with Crippen molar-refractivity contribution < 1.29 is 14.3 Å². The van der Waals surface area contributed by atoms with Crippen molar-refractivity contribution in [1.82, 2.24) is 10.2 Å². The number of benzene rings is 3. The molecule has 3 aromatic carbocycles. The first-order valence-corrected chi connectivity index (χ1v) is 13.1. The average Bonchev–Trinajstić information content (AvgIpc) is 3.03. The summed E-state index contributed by atoms with van der Waals surface area (Å²) in [6, 6.07) is 18.4. The van der Waals surface area contributed by atoms with Gasteiger partial charge in [0.1, 0.15) is 18.1 Å². The van der Waals surface area contributed by atoms with Crippen molar-refractivity contribution in [2.75, 3.05) is 0 Å². The molecule has 1 heterocycles. The summed E-state index contributed by atoms with van der Waals surface area (Å²) in [6.45, 7) is 0.630. The number of urea groups is 1. The third kappa shape index (κ3) is 6.09. The van der Waals surface area contributed by atoms with Crippen LogP contribution in [-0.2, 0) is 17.9 Å². The number of nitrogens with one attached hydrogen (secondary N) is 1. The molecule has 3 aromatic rings. The lowest BCUT2D eigenvalue weighted by Gasteiger charge is -2.12. The third-order valence-electron chi connectivity index (χ3n) is 4.84. The van der Waals surface area contributed by atoms with Crippen molar-refractivity contribution in [3.63, 3.8) is 0 Å². The minimum Gasteiger partial charge on any atom is -0.487 e. The van der Waals surface area contributed by atoms with Crippen LogP contribution in [0.4, 0.5) is 4.79 Å². The van der Waals surface area contributed by atoms with Gasteiger partial charge in [-0.05, 0) is 104 Å². The summed E-state index contributed by atoms with van der Waals surface area (Å²) >= 11 is 13.8. The highest BCUT2D eigenvalue weighted by molar-refractivity contribution is 14.1. The molecule has 33 heavy (non-hydrogen) atoms. The summed E-state index contributed by atoms with van der Waals surface area (Å²) in [5.74, 6) is 0.419. The van der Waals surface area contributed by atoms with Gasteiger partial charge in [0, 0.05) is 9.50 Å². The smallest absolute Gasteiger partial charge is 0.329 e. The predicted molar refractivity (Wildman–Crippen MR) is 149 cm³/mol. The molecule has 0 spiro atoms. The summed E-state index contributed by atoms with van der Waals surface area (Å²) in [5, 5.41) is 3.27. The summed E-state index contributed by atoms with van der Waals surface area (Å²) in [7, 11) is 0. The molecule has 0 aliphatic carbocycles. The van der Waals surface area contributed by atoms with Gasteiger partial charge in [-0.2, -0.15) is 0 Å². The van der Waals surface area contributed by atoms with E-state index in [4.69, 9.17) is 16.3 Å². The van der Waals surface area contributed by atoms with Crippen LogP contribution < -0.4 is 10.1 Å². The van der Waals surface area contributed by atoms with Gasteiger partial charge in [-0.1, -0.05) is 51.8 Å². The molecule has 0 unspecified atom stereocenters. The Morgan fingerprint density at radius 2 is 1.58 bits per heavy atom. The number of hydrogen-bond acceptors (Lipinski definition) is 3. The Balaban J connectivity index is 1.49. The van der Waals surface area contributed by atoms with E-state index in [1.54, 1.807) is 30.3 Å². The lowest BCUT2D eigenvalue weighted by atomic mass is 10.1. The number of ether oxygens (including phenoxy) is 1. The summed E-state index contributed by atoms with van der Waals surface area (Å²) in [4.78, 5) is 26.4. The van der Waals surface area contributed by atoms with E-state index in [0.717, 1.165) is 34.1 Å². The summed E-state index contributed by atoms with van der Waals surface area (Å²) in [6.07, 6.45) is 1.69. The number of imide groups is 1. The normalized spacial score (nSPS) is 14.7. The van der Waals surface area contributed by atoms with Crippen molar-refractivity contribution in [3.8, 4) is 5.75 Å². The molecule has 0 aromatic heterocycles. The molecule has 0 saturated carbocycles. The monoisotopic (exact) mass is 748 g/mol. The number of amides is 3. The quantitative estimate of drug-likeness (QED) is 0.168. The first-order valence-electron chi connectivity index (χ1n) is 9.75. The Labute approximate surface area is 231 Å². The number of rotatable bonds is 6. The Hall–Kier alpha value is -1.63. The van der Waals surface area contributed by atoms with Crippen molar-refractivity contribution in [2.45, 2.75) is 13.2 Å². The molecule has 168 valence electrons. The van der Waals surface area contributed by atoms with Crippen LogP contribution >= 0.6 is 72.7 Å². The first kappa shape index (κ1) is 24.5. The van der Waals surface area contributed by atoms with Crippen LogP contribution in [-0.4, -0.2) is 16.8 Å². The Morgan fingerprint density at radius 3 is 2.21 bits per heavy atom. The molecule has 4 rings (SSSR count). The number of hydrogen-bond donors (Lipinski definition) is 1. The van der Waals surface area contributed by atoms with Gasteiger partial charge in [0.15, 0.2) is 0 Å². The highest BCUT2D eigenvalue weighted by Crippen LogP contribution is 2.31. The SMILES string of the molecule is O=C1N/C(=C\c2cc(I)c(OCc3ccc(Br)cc3)c(I)c2)C(=O)N1Cc1ccc(Cl)cc1. The molecule has 0 atom stereocenters. The van der Waals surface area contributed by atoms with Gasteiger partial charge in [0.2, 0.25) is 0 Å². The number of halogens is 4. The van der Waals surface area contributed by atoms with Crippen LogP contribution in [0.5, 0.6) is 5.75 Å². The van der Waals surface area contributed by atoms with Gasteiger partial charge >= 0.3 is 6.03 Å². The van der Waals surface area contributed by atoms with Crippen LogP contribution in [0.2, 0.25) is 5.02 Å². The molecule has 0 radical (unpaired) electrons. The van der Waals surface area contributed by atoms with Crippen LogP contribution in [0.3, 0.4) is 0 Å². The van der Waals surface area contributed by atoms with Gasteiger partial charge < -0.3 is 10.1 Å². The molecule has 9 heteroatoms. The molecular formula is C24H16BrClI2N2O3. The first-order chi connectivity index (χ1) is 15.8. The van der Waals surface area contributed by atoms with Crippen molar-refractivity contribution in [1.29, 1.82) is 0 Å². The van der Waals surface area contributed by atoms with E-state index in [-0.39, 0.29) is 18.1 Å². The standard InChI is InChI=1S/C24H16BrClI2N2O3/c25-17-5-1-15(2-6-17)13-33-22-19(27)9-16(10-20(22)28)11-21-23(31)30(24(32)29-21)12-14-3-7-18(26)8-4-14/h1-11H,12-13H2,(H,29,32)/b21-11-. The molecule has 3 amide bonds. The van der Waals surface area contributed by atoms with E-state index < -0.39 is 6.03 Å². The van der Waals surface area contributed by atoms with E-state index in [1.807, 2.05) is 36.4 Å². The molecule has 0 bridgehead atoms. The number of carbonyl (C=O) groups excluding carboxylic acids is 2. The van der Waals surface area contributed by atoms with Crippen LogP contribution in [0.25, 0.3) is 6.08 Å². The lowest BCUT2D eigenvalue weighted by molar-refractivity contribution is -0.123. The number of carbonyl (C=O) groups is 2. The van der Waals surface area contributed by atoms with E-state index in [2.05, 4.69) is 66.4 Å². The topological polar surface area (TPSA) is 58.6 Å². The van der Waals surface area contributed by atoms with Gasteiger partial charge in [-0.3, -0.25) is 9.69 Å². The molecule has 1 saturated heterocycles. The van der Waals surface area contributed by atoms with Crippen molar-refractivity contribution in [2.24, 2.45) is 0 Å². The highest BCUT2D eigenvalue weighted by atomic mass is 127. The second kappa shape index (κ2) is 10.7. The van der Waals surface area contributed by atoms with E-state index >= 15 is 0 Å². The van der Waals surface area contributed by atoms with Gasteiger partial charge in [-0.25, -0.2) is 4.79 Å². The Bertz CT molecular complexity index is 1220. The predicted octanol–water partition coefficient (Wildman–Crippen LogP) is 6.98. The maximum Gasteiger partial charge on any atom is 0.329 e. The minimum atomic E-state index is -0.444. The molecular weight excluding hydrogens is 733 g/mol. The van der Waals surface area contributed by atoms with Crippen LogP contribution in [0.15, 0.2) is 70.8 Å². The zero-order valence-corrected chi connectivity index (χ0v) is 23.6. The maximum atomic E-state index is 12.8. The Kier molecular flexibility index (Phi) is 7.98. The lowest BCUT2D eigenvalue weighted by Crippen LogP contribution is -2.30. The zero-order chi connectivity index (χ0) is 23.5. The largest absolute Gasteiger partial charge is 0.487 e. The fraction of sp³-hybridized carbons (Fsp3) is 0.0833. The number of nitrogens with zero attached hydrogens (tertiary/aromatic N) is 1. The molecule has 1 aliphatic heterocycles. The van der Waals surface area contributed by atoms with E-state index in [0.29, 0.717) is 11.6 Å².